The van der Waals surface area contributed by atoms with Gasteiger partial charge in [-0.15, -0.1) is 0 Å². The zero-order valence-electron chi connectivity index (χ0n) is 17.3. The van der Waals surface area contributed by atoms with Crippen LogP contribution in [0.25, 0.3) is 0 Å². The van der Waals surface area contributed by atoms with E-state index in [2.05, 4.69) is 4.74 Å². The number of hydrogen-bond acceptors (Lipinski definition) is 6. The summed E-state index contributed by atoms with van der Waals surface area (Å²) in [5.41, 5.74) is 0.881. The second kappa shape index (κ2) is 11.9. The fraction of sp³-hybridized carbons (Fsp3) is 0.619. The fourth-order valence-electron chi connectivity index (χ4n) is 3.48. The van der Waals surface area contributed by atoms with Gasteiger partial charge in [-0.3, -0.25) is 4.79 Å². The van der Waals surface area contributed by atoms with Crippen molar-refractivity contribution in [3.05, 3.63) is 35.9 Å². The molecule has 0 spiro atoms. The number of ketones is 1. The van der Waals surface area contributed by atoms with Crippen LogP contribution in [-0.2, 0) is 30.5 Å². The van der Waals surface area contributed by atoms with Crippen molar-refractivity contribution in [3.63, 3.8) is 0 Å². The van der Waals surface area contributed by atoms with Gasteiger partial charge in [-0.05, 0) is 42.5 Å². The van der Waals surface area contributed by atoms with Gasteiger partial charge in [-0.25, -0.2) is 13.2 Å². The number of hydrogen-bond donors (Lipinski definition) is 0. The number of benzene rings is 1. The summed E-state index contributed by atoms with van der Waals surface area (Å²) in [4.78, 5) is 22.6. The van der Waals surface area contributed by atoms with Crippen molar-refractivity contribution < 1.29 is 36.1 Å². The van der Waals surface area contributed by atoms with Crippen molar-refractivity contribution in [2.24, 2.45) is 5.92 Å². The highest BCUT2D eigenvalue weighted by Crippen LogP contribution is 2.26. The zero-order chi connectivity index (χ0) is 22.9. The Morgan fingerprint density at radius 2 is 1.61 bits per heavy atom. The van der Waals surface area contributed by atoms with E-state index in [0.29, 0.717) is 16.7 Å². The summed E-state index contributed by atoms with van der Waals surface area (Å²) in [7, 11) is -5.62. The van der Waals surface area contributed by atoms with Crippen LogP contribution < -0.4 is 0 Å². The summed E-state index contributed by atoms with van der Waals surface area (Å²) in [5.74, 6) is 1.35. The highest BCUT2D eigenvalue weighted by molar-refractivity contribution is 7.97. The van der Waals surface area contributed by atoms with Crippen molar-refractivity contribution in [1.82, 2.24) is 0 Å². The van der Waals surface area contributed by atoms with E-state index < -0.39 is 21.3 Å². The van der Waals surface area contributed by atoms with Crippen LogP contribution >= 0.6 is 0 Å². The quantitative estimate of drug-likeness (QED) is 0.257. The van der Waals surface area contributed by atoms with Gasteiger partial charge < -0.3 is 9.29 Å². The van der Waals surface area contributed by atoms with Crippen LogP contribution in [0.2, 0.25) is 0 Å². The summed E-state index contributed by atoms with van der Waals surface area (Å²) >= 11 is 0. The number of rotatable bonds is 7. The molecule has 0 aromatic heterocycles. The van der Waals surface area contributed by atoms with Crippen molar-refractivity contribution in [2.45, 2.75) is 50.2 Å². The Bertz CT molecular complexity index is 818. The third-order valence-electron chi connectivity index (χ3n) is 5.27. The van der Waals surface area contributed by atoms with Crippen molar-refractivity contribution >= 4 is 32.8 Å². The molecule has 174 valence electrons. The molecule has 6 nitrogen and oxygen atoms in total. The van der Waals surface area contributed by atoms with E-state index in [9.17, 15) is 31.3 Å². The number of halogens is 2. The predicted molar refractivity (Wildman–Crippen MR) is 114 cm³/mol. The van der Waals surface area contributed by atoms with Gasteiger partial charge in [0.25, 0.3) is 0 Å². The van der Waals surface area contributed by atoms with Crippen molar-refractivity contribution in [2.75, 3.05) is 23.9 Å². The van der Waals surface area contributed by atoms with Crippen molar-refractivity contribution in [1.29, 1.82) is 0 Å². The number of alkyl halides is 2. The molecule has 1 aliphatic carbocycles. The molecule has 0 N–H and O–H groups in total. The Hall–Kier alpha value is -1.52. The van der Waals surface area contributed by atoms with Crippen LogP contribution in [0.5, 0.6) is 0 Å². The molecule has 10 heteroatoms. The molecule has 2 aliphatic rings. The van der Waals surface area contributed by atoms with Gasteiger partial charge in [-0.2, -0.15) is 8.78 Å². The molecule has 1 saturated carbocycles. The van der Waals surface area contributed by atoms with Gasteiger partial charge in [0.2, 0.25) is 5.78 Å². The number of Topliss-reactive ketones (excluding diaryl/α,β-unsaturated/α-hetero) is 1. The molecule has 0 atom stereocenters. The average molecular weight is 479 g/mol. The summed E-state index contributed by atoms with van der Waals surface area (Å²) in [6.07, 6.45) is 7.06. The Morgan fingerprint density at radius 3 is 2.16 bits per heavy atom. The molecule has 1 saturated heterocycles. The molecule has 2 fully saturated rings. The lowest BCUT2D eigenvalue weighted by molar-refractivity contribution is -0.163. The maximum atomic E-state index is 12.7. The van der Waals surface area contributed by atoms with Gasteiger partial charge in [0, 0.05) is 5.56 Å². The van der Waals surface area contributed by atoms with Gasteiger partial charge >= 0.3 is 11.2 Å². The van der Waals surface area contributed by atoms with Gasteiger partial charge in [0.15, 0.2) is 15.9 Å². The average Bonchev–Trinajstić information content (AvgIpc) is 3.26. The summed E-state index contributed by atoms with van der Waals surface area (Å²) < 4.78 is 60.0. The predicted octanol–water partition coefficient (Wildman–Crippen LogP) is 3.53. The van der Waals surface area contributed by atoms with Gasteiger partial charge in [0.05, 0.1) is 6.61 Å². The number of carbonyl (C=O) groups excluding carboxylic acids is 2. The summed E-state index contributed by atoms with van der Waals surface area (Å²) in [6.45, 7) is -0.260. The normalized spacial score (nSPS) is 18.2. The number of ether oxygens (including phenoxy) is 1. The molecule has 0 bridgehead atoms. The number of esters is 1. The molecule has 3 rings (SSSR count). The second-order valence-electron chi connectivity index (χ2n) is 7.73. The first-order chi connectivity index (χ1) is 14.6. The monoisotopic (exact) mass is 478 g/mol. The summed E-state index contributed by atoms with van der Waals surface area (Å²) in [6, 6.07) is 9.66. The Morgan fingerprint density at radius 1 is 1.03 bits per heavy atom. The van der Waals surface area contributed by atoms with E-state index in [-0.39, 0.29) is 12.5 Å². The lowest BCUT2D eigenvalue weighted by Gasteiger charge is -2.23. The smallest absolute Gasteiger partial charge is 0.428 e. The third-order valence-corrected chi connectivity index (χ3v) is 8.47. The number of carbonyl (C=O) groups is 2. The lowest BCUT2D eigenvalue weighted by Crippen LogP contribution is -2.39. The Kier molecular flexibility index (Phi) is 9.90. The molecule has 1 heterocycles. The fourth-order valence-corrected chi connectivity index (χ4v) is 6.00. The van der Waals surface area contributed by atoms with Crippen LogP contribution in [0.1, 0.15) is 55.3 Å². The first-order valence-electron chi connectivity index (χ1n) is 10.3. The molecule has 1 aliphatic heterocycles. The van der Waals surface area contributed by atoms with Crippen LogP contribution in [0.4, 0.5) is 8.78 Å². The maximum absolute atomic E-state index is 12.7. The molecular formula is C21H28F2O6S2. The molecule has 1 aromatic carbocycles. The lowest BCUT2D eigenvalue weighted by atomic mass is 9.90. The first-order valence-corrected chi connectivity index (χ1v) is 13.5. The Labute approximate surface area is 184 Å². The minimum atomic E-state index is -6.01. The van der Waals surface area contributed by atoms with Crippen molar-refractivity contribution in [3.8, 4) is 0 Å². The topological polar surface area (TPSA) is 101 Å². The highest BCUT2D eigenvalue weighted by atomic mass is 32.2. The van der Waals surface area contributed by atoms with Crippen LogP contribution in [-0.4, -0.2) is 53.8 Å². The molecule has 0 radical (unpaired) electrons. The van der Waals surface area contributed by atoms with E-state index in [1.54, 1.807) is 0 Å². The SMILES string of the molecule is O=C(C[S+]1CCCC1)c1ccccc1.O=C(OCC1CCCCC1)C(F)(F)S(=O)(=O)[O-]. The first kappa shape index (κ1) is 25.7. The molecule has 1 aromatic rings. The standard InChI is InChI=1S/C12H15OS.C9H14F2O5S/c13-12(10-14-8-4-5-9-14)11-6-2-1-3-7-11;10-9(11,17(13,14)15)8(12)16-6-7-4-2-1-3-5-7/h1-3,6-7H,4-5,8-10H2;7H,1-6H2,(H,13,14,15)/q+1;/p-1. The maximum Gasteiger partial charge on any atom is 0.428 e. The largest absolute Gasteiger partial charge is 0.743 e. The molecule has 31 heavy (non-hydrogen) atoms. The minimum absolute atomic E-state index is 0.0298. The van der Waals surface area contributed by atoms with Gasteiger partial charge in [0.1, 0.15) is 11.5 Å². The third kappa shape index (κ3) is 8.16. The minimum Gasteiger partial charge on any atom is -0.743 e. The van der Waals surface area contributed by atoms with E-state index in [1.165, 1.54) is 24.3 Å². The van der Waals surface area contributed by atoms with E-state index in [4.69, 9.17) is 0 Å². The summed E-state index contributed by atoms with van der Waals surface area (Å²) in [5, 5.41) is -5.00. The molecule has 0 amide bonds. The van der Waals surface area contributed by atoms with E-state index in [0.717, 1.165) is 43.4 Å². The van der Waals surface area contributed by atoms with Crippen LogP contribution in [0.15, 0.2) is 30.3 Å². The van der Waals surface area contributed by atoms with E-state index in [1.807, 2.05) is 30.3 Å². The second-order valence-corrected chi connectivity index (χ2v) is 11.5. The van der Waals surface area contributed by atoms with Crippen LogP contribution in [0.3, 0.4) is 0 Å². The van der Waals surface area contributed by atoms with Gasteiger partial charge in [-0.1, -0.05) is 49.6 Å². The zero-order valence-corrected chi connectivity index (χ0v) is 18.9. The molecular weight excluding hydrogens is 450 g/mol. The van der Waals surface area contributed by atoms with Crippen LogP contribution in [0, 0.1) is 5.92 Å². The highest BCUT2D eigenvalue weighted by Gasteiger charge is 2.48. The van der Waals surface area contributed by atoms with E-state index >= 15 is 0 Å². The molecule has 0 unspecified atom stereocenters. The Balaban J connectivity index is 0.000000224.